The molecule has 0 bridgehead atoms. The van der Waals surface area contributed by atoms with Crippen LogP contribution in [-0.4, -0.2) is 48.3 Å². The number of aromatic nitrogens is 1. The quantitative estimate of drug-likeness (QED) is 0.407. The number of hydrogen-bond donors (Lipinski definition) is 2. The number of rotatable bonds is 6. The van der Waals surface area contributed by atoms with Gasteiger partial charge in [0.25, 0.3) is 0 Å². The van der Waals surface area contributed by atoms with Gasteiger partial charge in [0, 0.05) is 36.5 Å². The van der Waals surface area contributed by atoms with Crippen LogP contribution in [0, 0.1) is 0 Å². The van der Waals surface area contributed by atoms with E-state index in [0.29, 0.717) is 25.3 Å². The molecule has 2 heterocycles. The highest BCUT2D eigenvalue weighted by atomic mass is 19.1. The summed E-state index contributed by atoms with van der Waals surface area (Å²) in [5.41, 5.74) is 4.32. The SMILES string of the molecule is O=C(Nc1cc2ccccc2nc1-c1ccccc1)N[C@@H]1CN(CCF)C[C@H]1c1ccccc1. The number of alkyl halides is 1. The Morgan fingerprint density at radius 3 is 2.41 bits per heavy atom. The molecule has 5 nitrogen and oxygen atoms in total. The molecular formula is C28H27FN4O. The van der Waals surface area contributed by atoms with E-state index in [1.807, 2.05) is 78.9 Å². The van der Waals surface area contributed by atoms with Gasteiger partial charge in [0.2, 0.25) is 0 Å². The van der Waals surface area contributed by atoms with Crippen LogP contribution < -0.4 is 10.6 Å². The first-order valence-corrected chi connectivity index (χ1v) is 11.6. The first kappa shape index (κ1) is 22.0. The largest absolute Gasteiger partial charge is 0.333 e. The highest BCUT2D eigenvalue weighted by Crippen LogP contribution is 2.31. The maximum absolute atomic E-state index is 13.2. The summed E-state index contributed by atoms with van der Waals surface area (Å²) in [4.78, 5) is 20.1. The van der Waals surface area contributed by atoms with Crippen molar-refractivity contribution in [3.8, 4) is 11.3 Å². The fourth-order valence-corrected chi connectivity index (χ4v) is 4.73. The van der Waals surface area contributed by atoms with Gasteiger partial charge >= 0.3 is 6.03 Å². The minimum Gasteiger partial charge on any atom is -0.333 e. The molecule has 1 fully saturated rings. The molecule has 172 valence electrons. The lowest BCUT2D eigenvalue weighted by Crippen LogP contribution is -2.42. The van der Waals surface area contributed by atoms with Crippen LogP contribution in [0.4, 0.5) is 14.9 Å². The monoisotopic (exact) mass is 454 g/mol. The Bertz CT molecular complexity index is 1270. The van der Waals surface area contributed by atoms with Crippen LogP contribution in [0.25, 0.3) is 22.2 Å². The second-order valence-electron chi connectivity index (χ2n) is 8.61. The van der Waals surface area contributed by atoms with Crippen molar-refractivity contribution in [1.82, 2.24) is 15.2 Å². The number of halogens is 1. The lowest BCUT2D eigenvalue weighted by Gasteiger charge is -2.21. The highest BCUT2D eigenvalue weighted by Gasteiger charge is 2.34. The van der Waals surface area contributed by atoms with Gasteiger partial charge in [0.1, 0.15) is 6.67 Å². The third-order valence-electron chi connectivity index (χ3n) is 6.36. The number of likely N-dealkylation sites (tertiary alicyclic amines) is 1. The number of carbonyl (C=O) groups is 1. The molecule has 4 aromatic rings. The molecule has 2 N–H and O–H groups in total. The van der Waals surface area contributed by atoms with Crippen molar-refractivity contribution in [3.63, 3.8) is 0 Å². The van der Waals surface area contributed by atoms with E-state index >= 15 is 0 Å². The first-order valence-electron chi connectivity index (χ1n) is 11.6. The summed E-state index contributed by atoms with van der Waals surface area (Å²) in [6.07, 6.45) is 0. The Balaban J connectivity index is 1.41. The minimum absolute atomic E-state index is 0.0989. The Morgan fingerprint density at radius 2 is 1.65 bits per heavy atom. The van der Waals surface area contributed by atoms with Crippen LogP contribution in [-0.2, 0) is 0 Å². The summed E-state index contributed by atoms with van der Waals surface area (Å²) < 4.78 is 13.0. The molecule has 1 aliphatic rings. The maximum atomic E-state index is 13.2. The summed E-state index contributed by atoms with van der Waals surface area (Å²) in [5, 5.41) is 7.14. The molecule has 1 saturated heterocycles. The number of hydrogen-bond acceptors (Lipinski definition) is 3. The predicted octanol–water partition coefficient (Wildman–Crippen LogP) is 5.46. The number of pyridine rings is 1. The van der Waals surface area contributed by atoms with Crippen molar-refractivity contribution in [1.29, 1.82) is 0 Å². The molecule has 6 heteroatoms. The zero-order valence-corrected chi connectivity index (χ0v) is 18.8. The van der Waals surface area contributed by atoms with Crippen molar-refractivity contribution < 1.29 is 9.18 Å². The average molecular weight is 455 g/mol. The van der Waals surface area contributed by atoms with Gasteiger partial charge in [-0.3, -0.25) is 4.90 Å². The minimum atomic E-state index is -0.399. The summed E-state index contributed by atoms with van der Waals surface area (Å²) >= 11 is 0. The zero-order valence-electron chi connectivity index (χ0n) is 18.8. The van der Waals surface area contributed by atoms with Crippen molar-refractivity contribution in [2.24, 2.45) is 0 Å². The molecule has 34 heavy (non-hydrogen) atoms. The van der Waals surface area contributed by atoms with Gasteiger partial charge in [-0.1, -0.05) is 78.9 Å². The number of benzene rings is 3. The molecule has 0 spiro atoms. The molecule has 0 aliphatic carbocycles. The van der Waals surface area contributed by atoms with Crippen molar-refractivity contribution in [2.75, 3.05) is 31.6 Å². The fourth-order valence-electron chi connectivity index (χ4n) is 4.73. The lowest BCUT2D eigenvalue weighted by atomic mass is 9.94. The standard InChI is InChI=1S/C28H27FN4O/c29-15-16-33-18-23(20-9-3-1-4-10-20)26(19-33)32-28(34)31-25-17-22-13-7-8-14-24(22)30-27(25)21-11-5-2-6-12-21/h1-14,17,23,26H,15-16,18-19H2,(H2,31,32,34)/t23-,26+/m0/s1. The normalized spacial score (nSPS) is 18.1. The van der Waals surface area contributed by atoms with Gasteiger partial charge in [-0.05, 0) is 17.7 Å². The molecule has 1 aliphatic heterocycles. The van der Waals surface area contributed by atoms with Gasteiger partial charge in [-0.25, -0.2) is 14.2 Å². The van der Waals surface area contributed by atoms with Crippen LogP contribution in [0.1, 0.15) is 11.5 Å². The van der Waals surface area contributed by atoms with E-state index in [2.05, 4.69) is 27.7 Å². The van der Waals surface area contributed by atoms with Gasteiger partial charge in [0.15, 0.2) is 0 Å². The lowest BCUT2D eigenvalue weighted by molar-refractivity contribution is 0.246. The Kier molecular flexibility index (Phi) is 6.49. The topological polar surface area (TPSA) is 57.3 Å². The first-order chi connectivity index (χ1) is 16.7. The highest BCUT2D eigenvalue weighted by molar-refractivity contribution is 5.97. The molecule has 5 rings (SSSR count). The molecule has 2 atom stereocenters. The van der Waals surface area contributed by atoms with Crippen LogP contribution in [0.3, 0.4) is 0 Å². The summed E-state index contributed by atoms with van der Waals surface area (Å²) in [7, 11) is 0. The molecule has 3 aromatic carbocycles. The number of amides is 2. The number of carbonyl (C=O) groups excluding carboxylic acids is 1. The summed E-state index contributed by atoms with van der Waals surface area (Å²) in [5.74, 6) is 0.0989. The van der Waals surface area contributed by atoms with E-state index in [9.17, 15) is 9.18 Å². The molecular weight excluding hydrogens is 427 g/mol. The van der Waals surface area contributed by atoms with Crippen molar-refractivity contribution in [2.45, 2.75) is 12.0 Å². The van der Waals surface area contributed by atoms with E-state index in [4.69, 9.17) is 4.98 Å². The van der Waals surface area contributed by atoms with Gasteiger partial charge < -0.3 is 10.6 Å². The number of fused-ring (bicyclic) bond motifs is 1. The number of nitrogens with zero attached hydrogens (tertiary/aromatic N) is 2. The van der Waals surface area contributed by atoms with Gasteiger partial charge in [0.05, 0.1) is 22.9 Å². The smallest absolute Gasteiger partial charge is 0.319 e. The second-order valence-corrected chi connectivity index (χ2v) is 8.61. The van der Waals surface area contributed by atoms with E-state index in [-0.39, 0.29) is 18.0 Å². The number of anilines is 1. The Labute approximate surface area is 198 Å². The van der Waals surface area contributed by atoms with Crippen LogP contribution >= 0.6 is 0 Å². The van der Waals surface area contributed by atoms with E-state index in [1.165, 1.54) is 0 Å². The fraction of sp³-hybridized carbons (Fsp3) is 0.214. The summed E-state index contributed by atoms with van der Waals surface area (Å²) in [6.45, 7) is 1.30. The van der Waals surface area contributed by atoms with Gasteiger partial charge in [-0.15, -0.1) is 0 Å². The number of nitrogens with one attached hydrogen (secondary N) is 2. The maximum Gasteiger partial charge on any atom is 0.319 e. The van der Waals surface area contributed by atoms with Crippen LogP contribution in [0.5, 0.6) is 0 Å². The van der Waals surface area contributed by atoms with Crippen molar-refractivity contribution >= 4 is 22.6 Å². The Hall–Kier alpha value is -3.77. The third kappa shape index (κ3) is 4.77. The zero-order chi connectivity index (χ0) is 23.3. The molecule has 1 aromatic heterocycles. The molecule has 2 amide bonds. The number of urea groups is 1. The van der Waals surface area contributed by atoms with Crippen LogP contribution in [0.15, 0.2) is 91.0 Å². The molecule has 0 saturated carbocycles. The molecule has 0 radical (unpaired) electrons. The van der Waals surface area contributed by atoms with Crippen molar-refractivity contribution in [3.05, 3.63) is 96.6 Å². The number of para-hydroxylation sites is 1. The van der Waals surface area contributed by atoms with Gasteiger partial charge in [-0.2, -0.15) is 0 Å². The Morgan fingerprint density at radius 1 is 0.941 bits per heavy atom. The summed E-state index contributed by atoms with van der Waals surface area (Å²) in [6, 6.07) is 29.4. The predicted molar refractivity (Wildman–Crippen MR) is 135 cm³/mol. The third-order valence-corrected chi connectivity index (χ3v) is 6.36. The van der Waals surface area contributed by atoms with E-state index in [1.54, 1.807) is 0 Å². The van der Waals surface area contributed by atoms with E-state index in [0.717, 1.165) is 27.7 Å². The average Bonchev–Trinajstić information content (AvgIpc) is 3.27. The second kappa shape index (κ2) is 10.0. The van der Waals surface area contributed by atoms with Crippen LogP contribution in [0.2, 0.25) is 0 Å². The van der Waals surface area contributed by atoms with E-state index < -0.39 is 6.67 Å². The molecule has 0 unspecified atom stereocenters.